The Morgan fingerprint density at radius 3 is 2.05 bits per heavy atom. The van der Waals surface area contributed by atoms with Crippen molar-refractivity contribution in [1.29, 1.82) is 0 Å². The van der Waals surface area contributed by atoms with Gasteiger partial charge in [-0.3, -0.25) is 9.59 Å². The molecule has 1 aromatic carbocycles. The van der Waals surface area contributed by atoms with E-state index < -0.39 is 5.41 Å². The fourth-order valence-electron chi connectivity index (χ4n) is 2.78. The molecule has 0 aliphatic heterocycles. The van der Waals surface area contributed by atoms with Crippen LogP contribution in [0.2, 0.25) is 0 Å². The molecule has 0 N–H and O–H groups in total. The third-order valence-corrected chi connectivity index (χ3v) is 3.59. The van der Waals surface area contributed by atoms with Gasteiger partial charge in [0.1, 0.15) is 0 Å². The summed E-state index contributed by atoms with van der Waals surface area (Å²) in [5.41, 5.74) is 1.77. The summed E-state index contributed by atoms with van der Waals surface area (Å²) in [6.07, 6.45) is 3.88. The number of fused-ring (bicyclic) bond motifs is 1. The average Bonchev–Trinajstić information content (AvgIpc) is 2.36. The predicted molar refractivity (Wildman–Crippen MR) is 76.4 cm³/mol. The summed E-state index contributed by atoms with van der Waals surface area (Å²) in [4.78, 5) is 25.0. The van der Waals surface area contributed by atoms with Crippen molar-refractivity contribution in [1.82, 2.24) is 0 Å². The Morgan fingerprint density at radius 1 is 1.00 bits per heavy atom. The fraction of sp³-hybridized carbons (Fsp3) is 0.294. The van der Waals surface area contributed by atoms with Crippen LogP contribution in [0.25, 0.3) is 0 Å². The summed E-state index contributed by atoms with van der Waals surface area (Å²) in [6.45, 7) is 7.59. The van der Waals surface area contributed by atoms with Gasteiger partial charge in [-0.2, -0.15) is 0 Å². The second-order valence-corrected chi connectivity index (χ2v) is 5.43. The van der Waals surface area contributed by atoms with Gasteiger partial charge in [0, 0.05) is 27.7 Å². The van der Waals surface area contributed by atoms with Gasteiger partial charge in [-0.05, 0) is 13.8 Å². The molecule has 0 fully saturated rings. The van der Waals surface area contributed by atoms with E-state index >= 15 is 0 Å². The maximum atomic E-state index is 12.7. The van der Waals surface area contributed by atoms with Crippen LogP contribution in [0.3, 0.4) is 0 Å². The SMILES string of the molecule is C/C=C\C(C)(C)C1=C(C)C(=O)c2ccccc2C1=O. The Kier molecular flexibility index (Phi) is 3.27. The highest BCUT2D eigenvalue weighted by Crippen LogP contribution is 2.37. The monoisotopic (exact) mass is 254 g/mol. The third-order valence-electron chi connectivity index (χ3n) is 3.59. The van der Waals surface area contributed by atoms with Gasteiger partial charge >= 0.3 is 0 Å². The standard InChI is InChI=1S/C17H18O2/c1-5-10-17(3,4)14-11(2)15(18)12-8-6-7-9-13(12)16(14)19/h5-10H,1-4H3/b10-5-. The lowest BCUT2D eigenvalue weighted by Crippen LogP contribution is -2.28. The molecule has 1 aliphatic carbocycles. The van der Waals surface area contributed by atoms with Crippen LogP contribution < -0.4 is 0 Å². The molecule has 1 aliphatic rings. The molecule has 1 aromatic rings. The molecule has 0 bridgehead atoms. The van der Waals surface area contributed by atoms with Crippen molar-refractivity contribution < 1.29 is 9.59 Å². The number of carbonyl (C=O) groups is 2. The van der Waals surface area contributed by atoms with Crippen LogP contribution in [0.4, 0.5) is 0 Å². The fourth-order valence-corrected chi connectivity index (χ4v) is 2.78. The Bertz CT molecular complexity index is 616. The zero-order valence-electron chi connectivity index (χ0n) is 11.8. The molecular weight excluding hydrogens is 236 g/mol. The van der Waals surface area contributed by atoms with Crippen LogP contribution >= 0.6 is 0 Å². The number of Topliss-reactive ketones (excluding diaryl/α,β-unsaturated/α-hetero) is 2. The summed E-state index contributed by atoms with van der Waals surface area (Å²) in [6, 6.07) is 7.04. The Morgan fingerprint density at radius 2 is 1.53 bits per heavy atom. The van der Waals surface area contributed by atoms with E-state index in [9.17, 15) is 9.59 Å². The lowest BCUT2D eigenvalue weighted by molar-refractivity contribution is 0.0961. The summed E-state index contributed by atoms with van der Waals surface area (Å²) < 4.78 is 0. The van der Waals surface area contributed by atoms with E-state index in [0.29, 0.717) is 22.3 Å². The highest BCUT2D eigenvalue weighted by atomic mass is 16.1. The lowest BCUT2D eigenvalue weighted by atomic mass is 9.72. The van der Waals surface area contributed by atoms with Gasteiger partial charge in [-0.25, -0.2) is 0 Å². The maximum absolute atomic E-state index is 12.7. The predicted octanol–water partition coefficient (Wildman–Crippen LogP) is 3.98. The van der Waals surface area contributed by atoms with Gasteiger partial charge in [0.15, 0.2) is 11.6 Å². The van der Waals surface area contributed by atoms with E-state index in [2.05, 4.69) is 0 Å². The van der Waals surface area contributed by atoms with Crippen molar-refractivity contribution >= 4 is 11.6 Å². The third kappa shape index (κ3) is 2.07. The number of benzene rings is 1. The van der Waals surface area contributed by atoms with Gasteiger partial charge in [-0.1, -0.05) is 50.3 Å². The lowest BCUT2D eigenvalue weighted by Gasteiger charge is -2.29. The molecule has 19 heavy (non-hydrogen) atoms. The maximum Gasteiger partial charge on any atom is 0.191 e. The second-order valence-electron chi connectivity index (χ2n) is 5.43. The highest BCUT2D eigenvalue weighted by Gasteiger charge is 2.36. The molecule has 2 rings (SSSR count). The number of ketones is 2. The number of allylic oxidation sites excluding steroid dienone is 4. The first kappa shape index (κ1) is 13.5. The largest absolute Gasteiger partial charge is 0.289 e. The van der Waals surface area contributed by atoms with E-state index in [1.54, 1.807) is 31.2 Å². The molecule has 0 spiro atoms. The Labute approximate surface area is 113 Å². The summed E-state index contributed by atoms with van der Waals surface area (Å²) in [5, 5.41) is 0. The molecule has 2 heteroatoms. The highest BCUT2D eigenvalue weighted by molar-refractivity contribution is 6.27. The zero-order valence-corrected chi connectivity index (χ0v) is 11.8. The van der Waals surface area contributed by atoms with Gasteiger partial charge in [-0.15, -0.1) is 0 Å². The molecule has 98 valence electrons. The average molecular weight is 254 g/mol. The van der Waals surface area contributed by atoms with Crippen molar-refractivity contribution in [3.05, 3.63) is 58.7 Å². The smallest absolute Gasteiger partial charge is 0.191 e. The molecular formula is C17H18O2. The van der Waals surface area contributed by atoms with Gasteiger partial charge in [0.05, 0.1) is 0 Å². The minimum Gasteiger partial charge on any atom is -0.289 e. The van der Waals surface area contributed by atoms with E-state index in [1.807, 2.05) is 32.9 Å². The van der Waals surface area contributed by atoms with Gasteiger partial charge in [0.2, 0.25) is 0 Å². The Hall–Kier alpha value is -1.96. The molecule has 2 nitrogen and oxygen atoms in total. The summed E-state index contributed by atoms with van der Waals surface area (Å²) in [5.74, 6) is -0.0708. The van der Waals surface area contributed by atoms with Crippen molar-refractivity contribution in [2.75, 3.05) is 0 Å². The summed E-state index contributed by atoms with van der Waals surface area (Å²) >= 11 is 0. The first-order valence-corrected chi connectivity index (χ1v) is 6.43. The number of hydrogen-bond donors (Lipinski definition) is 0. The van der Waals surface area contributed by atoms with Gasteiger partial charge in [0.25, 0.3) is 0 Å². The van der Waals surface area contributed by atoms with Crippen molar-refractivity contribution in [2.24, 2.45) is 5.41 Å². The molecule has 0 atom stereocenters. The van der Waals surface area contributed by atoms with Crippen LogP contribution in [-0.4, -0.2) is 11.6 Å². The van der Waals surface area contributed by atoms with E-state index in [0.717, 1.165) is 0 Å². The minimum absolute atomic E-state index is 0.0317. The molecule has 0 unspecified atom stereocenters. The quantitative estimate of drug-likeness (QED) is 0.748. The van der Waals surface area contributed by atoms with Crippen LogP contribution in [0, 0.1) is 5.41 Å². The van der Waals surface area contributed by atoms with Crippen LogP contribution in [-0.2, 0) is 0 Å². The second kappa shape index (κ2) is 4.61. The van der Waals surface area contributed by atoms with Crippen molar-refractivity contribution in [3.63, 3.8) is 0 Å². The molecule has 0 radical (unpaired) electrons. The van der Waals surface area contributed by atoms with Gasteiger partial charge < -0.3 is 0 Å². The van der Waals surface area contributed by atoms with E-state index in [4.69, 9.17) is 0 Å². The minimum atomic E-state index is -0.431. The van der Waals surface area contributed by atoms with Crippen LogP contribution in [0.1, 0.15) is 48.4 Å². The van der Waals surface area contributed by atoms with E-state index in [1.165, 1.54) is 0 Å². The number of rotatable bonds is 2. The van der Waals surface area contributed by atoms with Crippen LogP contribution in [0.15, 0.2) is 47.6 Å². The topological polar surface area (TPSA) is 34.1 Å². The van der Waals surface area contributed by atoms with Crippen molar-refractivity contribution in [3.8, 4) is 0 Å². The molecule has 0 aromatic heterocycles. The zero-order chi connectivity index (χ0) is 14.2. The number of hydrogen-bond acceptors (Lipinski definition) is 2. The summed E-state index contributed by atoms with van der Waals surface area (Å²) in [7, 11) is 0. The normalized spacial score (nSPS) is 16.2. The van der Waals surface area contributed by atoms with E-state index in [-0.39, 0.29) is 11.6 Å². The molecule has 0 amide bonds. The number of carbonyl (C=O) groups excluding carboxylic acids is 2. The molecule has 0 saturated carbocycles. The van der Waals surface area contributed by atoms with Crippen molar-refractivity contribution in [2.45, 2.75) is 27.7 Å². The first-order valence-electron chi connectivity index (χ1n) is 6.43. The van der Waals surface area contributed by atoms with Crippen LogP contribution in [0.5, 0.6) is 0 Å². The first-order chi connectivity index (χ1) is 8.90. The Balaban J connectivity index is 2.68. The molecule has 0 heterocycles. The molecule has 0 saturated heterocycles.